The SMILES string of the molecule is OC1CCC(Nc2ccnc3ccc(N4CCCC4)nc23)C1. The number of fused-ring (bicyclic) bond motifs is 1. The summed E-state index contributed by atoms with van der Waals surface area (Å²) in [6.45, 7) is 2.19. The first kappa shape index (κ1) is 13.8. The zero-order valence-corrected chi connectivity index (χ0v) is 12.7. The minimum absolute atomic E-state index is 0.168. The van der Waals surface area contributed by atoms with E-state index in [1.807, 2.05) is 12.3 Å². The molecule has 1 aliphatic heterocycles. The molecule has 2 aliphatic rings. The van der Waals surface area contributed by atoms with Crippen molar-refractivity contribution in [1.29, 1.82) is 0 Å². The Morgan fingerprint density at radius 1 is 1.14 bits per heavy atom. The van der Waals surface area contributed by atoms with E-state index in [4.69, 9.17) is 4.98 Å². The van der Waals surface area contributed by atoms with E-state index in [9.17, 15) is 5.11 Å². The average Bonchev–Trinajstić information content (AvgIpc) is 3.19. The van der Waals surface area contributed by atoms with Gasteiger partial charge in [0.2, 0.25) is 0 Å². The third kappa shape index (κ3) is 2.61. The highest BCUT2D eigenvalue weighted by atomic mass is 16.3. The molecule has 22 heavy (non-hydrogen) atoms. The second-order valence-corrected chi connectivity index (χ2v) is 6.40. The Hall–Kier alpha value is -1.88. The van der Waals surface area contributed by atoms with Crippen LogP contribution in [0.1, 0.15) is 32.1 Å². The van der Waals surface area contributed by atoms with E-state index >= 15 is 0 Å². The van der Waals surface area contributed by atoms with E-state index in [1.165, 1.54) is 12.8 Å². The second-order valence-electron chi connectivity index (χ2n) is 6.40. The molecule has 1 aliphatic carbocycles. The first-order valence-corrected chi connectivity index (χ1v) is 8.25. The van der Waals surface area contributed by atoms with Gasteiger partial charge in [0.05, 0.1) is 17.3 Å². The molecule has 0 aromatic carbocycles. The Bertz CT molecular complexity index is 669. The van der Waals surface area contributed by atoms with Crippen molar-refractivity contribution in [3.05, 3.63) is 24.4 Å². The second kappa shape index (κ2) is 5.72. The van der Waals surface area contributed by atoms with Crippen LogP contribution >= 0.6 is 0 Å². The van der Waals surface area contributed by atoms with Crippen LogP contribution in [0.5, 0.6) is 0 Å². The predicted molar refractivity (Wildman–Crippen MR) is 88.3 cm³/mol. The molecule has 0 bridgehead atoms. The van der Waals surface area contributed by atoms with Crippen molar-refractivity contribution < 1.29 is 5.11 Å². The number of aliphatic hydroxyl groups excluding tert-OH is 1. The van der Waals surface area contributed by atoms with Gasteiger partial charge in [-0.05, 0) is 50.3 Å². The topological polar surface area (TPSA) is 61.3 Å². The van der Waals surface area contributed by atoms with Gasteiger partial charge in [-0.25, -0.2) is 4.98 Å². The van der Waals surface area contributed by atoms with E-state index in [0.717, 1.165) is 54.9 Å². The highest BCUT2D eigenvalue weighted by Gasteiger charge is 2.23. The molecule has 5 nitrogen and oxygen atoms in total. The molecule has 0 amide bonds. The zero-order chi connectivity index (χ0) is 14.9. The lowest BCUT2D eigenvalue weighted by Gasteiger charge is -2.19. The Morgan fingerprint density at radius 2 is 2.00 bits per heavy atom. The Morgan fingerprint density at radius 3 is 2.77 bits per heavy atom. The molecule has 4 rings (SSSR count). The van der Waals surface area contributed by atoms with Crippen LogP contribution in [-0.4, -0.2) is 40.3 Å². The van der Waals surface area contributed by atoms with Crippen LogP contribution < -0.4 is 10.2 Å². The fraction of sp³-hybridized carbons (Fsp3) is 0.529. The summed E-state index contributed by atoms with van der Waals surface area (Å²) in [5.74, 6) is 1.05. The quantitative estimate of drug-likeness (QED) is 0.912. The molecule has 2 fully saturated rings. The molecule has 2 atom stereocenters. The third-order valence-corrected chi connectivity index (χ3v) is 4.76. The van der Waals surface area contributed by atoms with Crippen molar-refractivity contribution >= 4 is 22.5 Å². The Balaban J connectivity index is 1.66. The van der Waals surface area contributed by atoms with Gasteiger partial charge in [0.15, 0.2) is 0 Å². The highest BCUT2D eigenvalue weighted by molar-refractivity contribution is 5.88. The Kier molecular flexibility index (Phi) is 3.58. The summed E-state index contributed by atoms with van der Waals surface area (Å²) in [4.78, 5) is 11.6. The van der Waals surface area contributed by atoms with Gasteiger partial charge < -0.3 is 15.3 Å². The number of pyridine rings is 2. The van der Waals surface area contributed by atoms with Crippen LogP contribution in [0.4, 0.5) is 11.5 Å². The molecule has 2 N–H and O–H groups in total. The van der Waals surface area contributed by atoms with E-state index in [1.54, 1.807) is 0 Å². The van der Waals surface area contributed by atoms with Gasteiger partial charge in [-0.3, -0.25) is 4.98 Å². The van der Waals surface area contributed by atoms with E-state index in [0.29, 0.717) is 6.04 Å². The van der Waals surface area contributed by atoms with E-state index in [2.05, 4.69) is 27.3 Å². The van der Waals surface area contributed by atoms with Crippen molar-refractivity contribution in [3.63, 3.8) is 0 Å². The zero-order valence-electron chi connectivity index (χ0n) is 12.7. The fourth-order valence-electron chi connectivity index (χ4n) is 3.56. The largest absolute Gasteiger partial charge is 0.393 e. The number of hydrogen-bond donors (Lipinski definition) is 2. The van der Waals surface area contributed by atoms with Gasteiger partial charge in [0.25, 0.3) is 0 Å². The number of aliphatic hydroxyl groups is 1. The van der Waals surface area contributed by atoms with E-state index in [-0.39, 0.29) is 6.10 Å². The first-order chi connectivity index (χ1) is 10.8. The maximum atomic E-state index is 9.70. The summed E-state index contributed by atoms with van der Waals surface area (Å²) >= 11 is 0. The molecule has 2 aromatic rings. The lowest BCUT2D eigenvalue weighted by atomic mass is 10.2. The van der Waals surface area contributed by atoms with Gasteiger partial charge in [-0.1, -0.05) is 0 Å². The molecular formula is C17H22N4O. The van der Waals surface area contributed by atoms with Crippen molar-refractivity contribution in [1.82, 2.24) is 9.97 Å². The molecule has 2 aromatic heterocycles. The lowest BCUT2D eigenvalue weighted by molar-refractivity contribution is 0.182. The molecule has 0 radical (unpaired) electrons. The van der Waals surface area contributed by atoms with Crippen LogP contribution in [0.25, 0.3) is 11.0 Å². The smallest absolute Gasteiger partial charge is 0.129 e. The van der Waals surface area contributed by atoms with Gasteiger partial charge in [0.1, 0.15) is 11.3 Å². The molecule has 116 valence electrons. The fourth-order valence-corrected chi connectivity index (χ4v) is 3.56. The number of rotatable bonds is 3. The van der Waals surface area contributed by atoms with Crippen molar-refractivity contribution in [2.24, 2.45) is 0 Å². The number of anilines is 2. The summed E-state index contributed by atoms with van der Waals surface area (Å²) < 4.78 is 0. The molecule has 1 saturated heterocycles. The van der Waals surface area contributed by atoms with Gasteiger partial charge in [-0.2, -0.15) is 0 Å². The van der Waals surface area contributed by atoms with Crippen LogP contribution in [0.15, 0.2) is 24.4 Å². The molecular weight excluding hydrogens is 276 g/mol. The van der Waals surface area contributed by atoms with Crippen molar-refractivity contribution in [2.45, 2.75) is 44.2 Å². The maximum absolute atomic E-state index is 9.70. The Labute approximate surface area is 130 Å². The first-order valence-electron chi connectivity index (χ1n) is 8.25. The van der Waals surface area contributed by atoms with Crippen molar-refractivity contribution in [3.8, 4) is 0 Å². The molecule has 2 unspecified atom stereocenters. The number of nitrogens with one attached hydrogen (secondary N) is 1. The molecule has 3 heterocycles. The number of nitrogens with zero attached hydrogens (tertiary/aromatic N) is 3. The van der Waals surface area contributed by atoms with Crippen LogP contribution in [-0.2, 0) is 0 Å². The third-order valence-electron chi connectivity index (χ3n) is 4.76. The summed E-state index contributed by atoms with van der Waals surface area (Å²) in [7, 11) is 0. The number of hydrogen-bond acceptors (Lipinski definition) is 5. The van der Waals surface area contributed by atoms with Crippen LogP contribution in [0.2, 0.25) is 0 Å². The average molecular weight is 298 g/mol. The van der Waals surface area contributed by atoms with Crippen LogP contribution in [0.3, 0.4) is 0 Å². The van der Waals surface area contributed by atoms with Gasteiger partial charge >= 0.3 is 0 Å². The highest BCUT2D eigenvalue weighted by Crippen LogP contribution is 2.28. The summed E-state index contributed by atoms with van der Waals surface area (Å²) in [6.07, 6.45) is 6.86. The standard InChI is InChI=1S/C17H22N4O/c22-13-4-3-12(11-13)19-15-7-8-18-14-5-6-16(20-17(14)15)21-9-1-2-10-21/h5-8,12-13,22H,1-4,9-11H2,(H,18,19). The van der Waals surface area contributed by atoms with Gasteiger partial charge in [0, 0.05) is 25.3 Å². The minimum atomic E-state index is -0.168. The molecule has 5 heteroatoms. The van der Waals surface area contributed by atoms with Gasteiger partial charge in [-0.15, -0.1) is 0 Å². The predicted octanol–water partition coefficient (Wildman–Crippen LogP) is 2.56. The number of aromatic nitrogens is 2. The minimum Gasteiger partial charge on any atom is -0.393 e. The monoisotopic (exact) mass is 298 g/mol. The molecule has 0 spiro atoms. The molecule has 1 saturated carbocycles. The summed E-state index contributed by atoms with van der Waals surface area (Å²) in [5, 5.41) is 13.3. The summed E-state index contributed by atoms with van der Waals surface area (Å²) in [5.41, 5.74) is 2.89. The lowest BCUT2D eigenvalue weighted by Crippen LogP contribution is -2.19. The van der Waals surface area contributed by atoms with Crippen LogP contribution in [0, 0.1) is 0 Å². The van der Waals surface area contributed by atoms with E-state index < -0.39 is 0 Å². The summed E-state index contributed by atoms with van der Waals surface area (Å²) in [6, 6.07) is 6.46. The maximum Gasteiger partial charge on any atom is 0.129 e. The normalized spacial score (nSPS) is 25.0. The van der Waals surface area contributed by atoms with Crippen molar-refractivity contribution in [2.75, 3.05) is 23.3 Å².